The minimum absolute atomic E-state index is 0.0549. The van der Waals surface area contributed by atoms with Crippen molar-refractivity contribution in [2.24, 2.45) is 13.0 Å². The van der Waals surface area contributed by atoms with Crippen LogP contribution in [0.15, 0.2) is 47.1 Å². The van der Waals surface area contributed by atoms with Crippen LogP contribution in [-0.2, 0) is 26.6 Å². The third kappa shape index (κ3) is 4.12. The van der Waals surface area contributed by atoms with Gasteiger partial charge in [0.2, 0.25) is 0 Å². The summed E-state index contributed by atoms with van der Waals surface area (Å²) in [7, 11) is 1.93. The number of aliphatic hydroxyl groups excluding tert-OH is 1. The van der Waals surface area contributed by atoms with Crippen LogP contribution in [0.5, 0.6) is 0 Å². The van der Waals surface area contributed by atoms with Gasteiger partial charge in [0.1, 0.15) is 18.2 Å². The molecule has 0 bridgehead atoms. The van der Waals surface area contributed by atoms with Crippen LogP contribution in [0.1, 0.15) is 30.1 Å². The summed E-state index contributed by atoms with van der Waals surface area (Å²) in [6.07, 6.45) is 4.99. The zero-order valence-electron chi connectivity index (χ0n) is 15.7. The Morgan fingerprint density at radius 3 is 2.44 bits per heavy atom. The van der Waals surface area contributed by atoms with Crippen LogP contribution in [0, 0.1) is 5.92 Å². The first-order valence-corrected chi connectivity index (χ1v) is 9.56. The SMILES string of the molecule is Cn1c(CO)nnc1CC1CCN(Cc2ccc(-c3ccco3)cc2)CC1. The lowest BCUT2D eigenvalue weighted by Gasteiger charge is -2.31. The van der Waals surface area contributed by atoms with Gasteiger partial charge in [-0.1, -0.05) is 24.3 Å². The molecular weight excluding hydrogens is 340 g/mol. The van der Waals surface area contributed by atoms with E-state index in [0.717, 1.165) is 43.2 Å². The van der Waals surface area contributed by atoms with Crippen LogP contribution < -0.4 is 0 Å². The summed E-state index contributed by atoms with van der Waals surface area (Å²) in [5.74, 6) is 3.17. The minimum atomic E-state index is -0.0549. The predicted octanol–water partition coefficient (Wildman–Crippen LogP) is 3.02. The molecule has 142 valence electrons. The summed E-state index contributed by atoms with van der Waals surface area (Å²) in [6, 6.07) is 12.6. The van der Waals surface area contributed by atoms with Gasteiger partial charge < -0.3 is 14.1 Å². The van der Waals surface area contributed by atoms with E-state index < -0.39 is 0 Å². The van der Waals surface area contributed by atoms with E-state index in [0.29, 0.717) is 11.7 Å². The molecule has 6 nitrogen and oxygen atoms in total. The van der Waals surface area contributed by atoms with E-state index in [2.05, 4.69) is 39.4 Å². The Morgan fingerprint density at radius 2 is 1.81 bits per heavy atom. The maximum Gasteiger partial charge on any atom is 0.158 e. The van der Waals surface area contributed by atoms with E-state index in [1.165, 1.54) is 18.4 Å². The number of nitrogens with zero attached hydrogens (tertiary/aromatic N) is 4. The second-order valence-electron chi connectivity index (χ2n) is 7.35. The summed E-state index contributed by atoms with van der Waals surface area (Å²) < 4.78 is 7.38. The highest BCUT2D eigenvalue weighted by Crippen LogP contribution is 2.24. The molecule has 4 rings (SSSR count). The van der Waals surface area contributed by atoms with Gasteiger partial charge in [-0.05, 0) is 49.5 Å². The van der Waals surface area contributed by atoms with Crippen molar-refractivity contribution in [3.05, 3.63) is 59.9 Å². The molecule has 1 saturated heterocycles. The van der Waals surface area contributed by atoms with Gasteiger partial charge in [0.05, 0.1) is 6.26 Å². The molecule has 1 fully saturated rings. The van der Waals surface area contributed by atoms with E-state index in [9.17, 15) is 5.11 Å². The summed E-state index contributed by atoms with van der Waals surface area (Å²) >= 11 is 0. The zero-order valence-corrected chi connectivity index (χ0v) is 15.7. The molecule has 1 aromatic carbocycles. The number of hydrogen-bond acceptors (Lipinski definition) is 5. The van der Waals surface area contributed by atoms with Gasteiger partial charge in [-0.25, -0.2) is 0 Å². The number of likely N-dealkylation sites (tertiary alicyclic amines) is 1. The van der Waals surface area contributed by atoms with E-state index in [4.69, 9.17) is 4.42 Å². The summed E-state index contributed by atoms with van der Waals surface area (Å²) in [6.45, 7) is 3.15. The molecule has 0 amide bonds. The van der Waals surface area contributed by atoms with Gasteiger partial charge in [0.15, 0.2) is 5.82 Å². The van der Waals surface area contributed by atoms with E-state index >= 15 is 0 Å². The number of aliphatic hydroxyl groups is 1. The standard InChI is InChI=1S/C21H26N4O2/c1-24-20(22-23-21(24)15-26)13-16-8-10-25(11-9-16)14-17-4-6-18(7-5-17)19-3-2-12-27-19/h2-7,12,16,26H,8-11,13-15H2,1H3. The Hall–Kier alpha value is -2.44. The van der Waals surface area contributed by atoms with Crippen LogP contribution in [0.3, 0.4) is 0 Å². The van der Waals surface area contributed by atoms with Crippen molar-refractivity contribution in [2.45, 2.75) is 32.4 Å². The Morgan fingerprint density at radius 1 is 1.07 bits per heavy atom. The topological polar surface area (TPSA) is 67.3 Å². The predicted molar refractivity (Wildman–Crippen MR) is 103 cm³/mol. The van der Waals surface area contributed by atoms with Crippen molar-refractivity contribution in [2.75, 3.05) is 13.1 Å². The third-order valence-corrected chi connectivity index (χ3v) is 5.54. The maximum atomic E-state index is 9.25. The van der Waals surface area contributed by atoms with Gasteiger partial charge >= 0.3 is 0 Å². The first-order chi connectivity index (χ1) is 13.2. The molecular formula is C21H26N4O2. The normalized spacial score (nSPS) is 16.1. The Labute approximate surface area is 159 Å². The summed E-state index contributed by atoms with van der Waals surface area (Å²) in [4.78, 5) is 2.52. The molecule has 0 spiro atoms. The molecule has 0 unspecified atom stereocenters. The van der Waals surface area contributed by atoms with Crippen molar-refractivity contribution in [3.8, 4) is 11.3 Å². The molecule has 27 heavy (non-hydrogen) atoms. The highest BCUT2D eigenvalue weighted by atomic mass is 16.3. The molecule has 6 heteroatoms. The smallest absolute Gasteiger partial charge is 0.158 e. The lowest BCUT2D eigenvalue weighted by Crippen LogP contribution is -2.34. The lowest BCUT2D eigenvalue weighted by atomic mass is 9.93. The number of benzene rings is 1. The monoisotopic (exact) mass is 366 g/mol. The Bertz CT molecular complexity index is 847. The molecule has 0 aliphatic carbocycles. The van der Waals surface area contributed by atoms with Gasteiger partial charge in [-0.15, -0.1) is 10.2 Å². The highest BCUT2D eigenvalue weighted by molar-refractivity contribution is 5.57. The first-order valence-electron chi connectivity index (χ1n) is 9.56. The van der Waals surface area contributed by atoms with Crippen molar-refractivity contribution < 1.29 is 9.52 Å². The lowest BCUT2D eigenvalue weighted by molar-refractivity contribution is 0.175. The van der Waals surface area contributed by atoms with Crippen LogP contribution in [0.25, 0.3) is 11.3 Å². The van der Waals surface area contributed by atoms with Crippen molar-refractivity contribution in [1.82, 2.24) is 19.7 Å². The molecule has 0 saturated carbocycles. The average Bonchev–Trinajstić information content (AvgIpc) is 3.35. The fourth-order valence-electron chi connectivity index (χ4n) is 3.80. The summed E-state index contributed by atoms with van der Waals surface area (Å²) in [5, 5.41) is 17.5. The fraction of sp³-hybridized carbons (Fsp3) is 0.429. The van der Waals surface area contributed by atoms with E-state index in [-0.39, 0.29) is 6.61 Å². The number of furan rings is 1. The molecule has 3 aromatic rings. The van der Waals surface area contributed by atoms with E-state index in [1.807, 2.05) is 23.7 Å². The highest BCUT2D eigenvalue weighted by Gasteiger charge is 2.21. The number of rotatable bonds is 6. The third-order valence-electron chi connectivity index (χ3n) is 5.54. The van der Waals surface area contributed by atoms with Crippen LogP contribution in [-0.4, -0.2) is 37.9 Å². The van der Waals surface area contributed by atoms with Crippen LogP contribution in [0.2, 0.25) is 0 Å². The molecule has 1 N–H and O–H groups in total. The Balaban J connectivity index is 1.28. The van der Waals surface area contributed by atoms with Gasteiger partial charge in [0.25, 0.3) is 0 Å². The minimum Gasteiger partial charge on any atom is -0.464 e. The van der Waals surface area contributed by atoms with Crippen molar-refractivity contribution in [3.63, 3.8) is 0 Å². The Kier molecular flexibility index (Phi) is 5.36. The molecule has 1 aliphatic rings. The average molecular weight is 366 g/mol. The van der Waals surface area contributed by atoms with Crippen molar-refractivity contribution in [1.29, 1.82) is 0 Å². The van der Waals surface area contributed by atoms with Crippen molar-refractivity contribution >= 4 is 0 Å². The van der Waals surface area contributed by atoms with Gasteiger partial charge in [-0.2, -0.15) is 0 Å². The maximum absolute atomic E-state index is 9.25. The second-order valence-corrected chi connectivity index (χ2v) is 7.35. The summed E-state index contributed by atoms with van der Waals surface area (Å²) in [5.41, 5.74) is 2.46. The quantitative estimate of drug-likeness (QED) is 0.726. The second kappa shape index (κ2) is 8.06. The molecule has 0 atom stereocenters. The van der Waals surface area contributed by atoms with E-state index in [1.54, 1.807) is 6.26 Å². The number of piperidine rings is 1. The van der Waals surface area contributed by atoms with Gasteiger partial charge in [-0.3, -0.25) is 4.90 Å². The van der Waals surface area contributed by atoms with Crippen LogP contribution >= 0.6 is 0 Å². The molecule has 0 radical (unpaired) electrons. The molecule has 2 aromatic heterocycles. The number of aromatic nitrogens is 3. The number of hydrogen-bond donors (Lipinski definition) is 1. The fourth-order valence-corrected chi connectivity index (χ4v) is 3.80. The van der Waals surface area contributed by atoms with Gasteiger partial charge in [0, 0.05) is 25.6 Å². The zero-order chi connectivity index (χ0) is 18.6. The largest absolute Gasteiger partial charge is 0.464 e. The molecule has 1 aliphatic heterocycles. The first kappa shape index (κ1) is 17.9. The van der Waals surface area contributed by atoms with Crippen LogP contribution in [0.4, 0.5) is 0 Å². The molecule has 3 heterocycles.